The number of hydrogen-bond donors (Lipinski definition) is 2. The van der Waals surface area contributed by atoms with E-state index in [-0.39, 0.29) is 5.91 Å². The van der Waals surface area contributed by atoms with Gasteiger partial charge in [-0.25, -0.2) is 0 Å². The van der Waals surface area contributed by atoms with E-state index in [0.717, 1.165) is 0 Å². The monoisotopic (exact) mass is 256 g/mol. The molecule has 2 N–H and O–H groups in total. The molecule has 1 rings (SSSR count). The fraction of sp³-hybridized carbons (Fsp3) is 0.846. The van der Waals surface area contributed by atoms with Crippen molar-refractivity contribution in [3.63, 3.8) is 0 Å². The Hall–Kier alpha value is -1.10. The minimum atomic E-state index is -0.741. The Kier molecular flexibility index (Phi) is 5.14. The first-order valence-electron chi connectivity index (χ1n) is 6.62. The third kappa shape index (κ3) is 3.70. The molecule has 1 fully saturated rings. The largest absolute Gasteiger partial charge is 0.481 e. The second kappa shape index (κ2) is 6.18. The normalized spacial score (nSPS) is 24.4. The minimum absolute atomic E-state index is 0.0130. The molecule has 1 aliphatic heterocycles. The number of aliphatic carboxylic acids is 1. The highest BCUT2D eigenvalue weighted by Gasteiger charge is 2.43. The van der Waals surface area contributed by atoms with Gasteiger partial charge in [0.25, 0.3) is 0 Å². The van der Waals surface area contributed by atoms with Crippen LogP contribution in [-0.4, -0.2) is 48.1 Å². The van der Waals surface area contributed by atoms with Crippen molar-refractivity contribution in [1.82, 2.24) is 10.2 Å². The second-order valence-electron chi connectivity index (χ2n) is 5.60. The predicted octanol–water partition coefficient (Wildman–Crippen LogP) is 0.945. The zero-order valence-electron chi connectivity index (χ0n) is 11.5. The summed E-state index contributed by atoms with van der Waals surface area (Å²) in [6.45, 7) is 8.14. The number of carboxylic acids is 1. The van der Waals surface area contributed by atoms with Crippen LogP contribution in [0.4, 0.5) is 0 Å². The number of rotatable bonds is 6. The molecule has 0 spiro atoms. The molecule has 1 unspecified atom stereocenters. The van der Waals surface area contributed by atoms with E-state index in [4.69, 9.17) is 0 Å². The topological polar surface area (TPSA) is 69.6 Å². The highest BCUT2D eigenvalue weighted by atomic mass is 16.4. The van der Waals surface area contributed by atoms with Crippen LogP contribution in [0.25, 0.3) is 0 Å². The van der Waals surface area contributed by atoms with E-state index in [1.54, 1.807) is 0 Å². The SMILES string of the molecule is CCC1(C(=O)O)CCN(CC(=O)NCC(C)C)C1. The van der Waals surface area contributed by atoms with Gasteiger partial charge in [0.05, 0.1) is 12.0 Å². The molecular weight excluding hydrogens is 232 g/mol. The van der Waals surface area contributed by atoms with E-state index in [1.807, 2.05) is 25.7 Å². The smallest absolute Gasteiger partial charge is 0.310 e. The summed E-state index contributed by atoms with van der Waals surface area (Å²) in [7, 11) is 0. The Morgan fingerprint density at radius 3 is 2.56 bits per heavy atom. The molecule has 0 radical (unpaired) electrons. The lowest BCUT2D eigenvalue weighted by molar-refractivity contribution is -0.148. The Bertz CT molecular complexity index is 317. The Balaban J connectivity index is 2.42. The van der Waals surface area contributed by atoms with Crippen LogP contribution in [0.3, 0.4) is 0 Å². The summed E-state index contributed by atoms with van der Waals surface area (Å²) in [5.41, 5.74) is -0.654. The molecule has 1 atom stereocenters. The van der Waals surface area contributed by atoms with Crippen LogP contribution < -0.4 is 5.32 Å². The first kappa shape index (κ1) is 15.0. The summed E-state index contributed by atoms with van der Waals surface area (Å²) in [4.78, 5) is 24.9. The summed E-state index contributed by atoms with van der Waals surface area (Å²) in [5, 5.41) is 12.1. The number of carboxylic acid groups (broad SMARTS) is 1. The highest BCUT2D eigenvalue weighted by molar-refractivity contribution is 5.79. The molecule has 5 nitrogen and oxygen atoms in total. The second-order valence-corrected chi connectivity index (χ2v) is 5.60. The summed E-state index contributed by atoms with van der Waals surface area (Å²) in [6.07, 6.45) is 1.25. The average molecular weight is 256 g/mol. The maximum Gasteiger partial charge on any atom is 0.310 e. The molecule has 0 aromatic carbocycles. The Morgan fingerprint density at radius 1 is 1.44 bits per heavy atom. The maximum absolute atomic E-state index is 11.7. The van der Waals surface area contributed by atoms with Crippen LogP contribution in [-0.2, 0) is 9.59 Å². The van der Waals surface area contributed by atoms with Crippen molar-refractivity contribution < 1.29 is 14.7 Å². The third-order valence-corrected chi connectivity index (χ3v) is 3.64. The summed E-state index contributed by atoms with van der Waals surface area (Å²) < 4.78 is 0. The first-order chi connectivity index (χ1) is 8.39. The molecule has 104 valence electrons. The van der Waals surface area contributed by atoms with Gasteiger partial charge >= 0.3 is 5.97 Å². The van der Waals surface area contributed by atoms with Gasteiger partial charge in [0.1, 0.15) is 0 Å². The van der Waals surface area contributed by atoms with Crippen LogP contribution in [0, 0.1) is 11.3 Å². The number of carbonyl (C=O) groups excluding carboxylic acids is 1. The third-order valence-electron chi connectivity index (χ3n) is 3.64. The molecule has 1 aliphatic rings. The van der Waals surface area contributed by atoms with Crippen molar-refractivity contribution in [2.75, 3.05) is 26.2 Å². The molecule has 5 heteroatoms. The number of nitrogens with one attached hydrogen (secondary N) is 1. The highest BCUT2D eigenvalue weighted by Crippen LogP contribution is 2.33. The molecule has 0 saturated carbocycles. The summed E-state index contributed by atoms with van der Waals surface area (Å²) in [5.74, 6) is -0.322. The Morgan fingerprint density at radius 2 is 2.11 bits per heavy atom. The molecule has 0 aliphatic carbocycles. The zero-order chi connectivity index (χ0) is 13.8. The first-order valence-corrected chi connectivity index (χ1v) is 6.62. The van der Waals surface area contributed by atoms with Crippen molar-refractivity contribution in [2.24, 2.45) is 11.3 Å². The molecular formula is C13H24N2O3. The minimum Gasteiger partial charge on any atom is -0.481 e. The van der Waals surface area contributed by atoms with Crippen LogP contribution in [0.1, 0.15) is 33.6 Å². The van der Waals surface area contributed by atoms with Gasteiger partial charge in [-0.1, -0.05) is 20.8 Å². The number of carbonyl (C=O) groups is 2. The van der Waals surface area contributed by atoms with Crippen LogP contribution in [0.5, 0.6) is 0 Å². The summed E-state index contributed by atoms with van der Waals surface area (Å²) in [6, 6.07) is 0. The van der Waals surface area contributed by atoms with Gasteiger partial charge in [0.2, 0.25) is 5.91 Å². The lowest BCUT2D eigenvalue weighted by atomic mass is 9.84. The van der Waals surface area contributed by atoms with Crippen LogP contribution >= 0.6 is 0 Å². The average Bonchev–Trinajstić information content (AvgIpc) is 2.71. The van der Waals surface area contributed by atoms with Gasteiger partial charge in [-0.05, 0) is 25.3 Å². The molecule has 1 heterocycles. The number of nitrogens with zero attached hydrogens (tertiary/aromatic N) is 1. The molecule has 1 amide bonds. The van der Waals surface area contributed by atoms with E-state index in [2.05, 4.69) is 5.32 Å². The standard InChI is InChI=1S/C13H24N2O3/c1-4-13(12(17)18)5-6-15(9-13)8-11(16)14-7-10(2)3/h10H,4-9H2,1-3H3,(H,14,16)(H,17,18). The molecule has 0 bridgehead atoms. The van der Waals surface area contributed by atoms with Gasteiger partial charge < -0.3 is 10.4 Å². The van der Waals surface area contributed by atoms with Crippen molar-refractivity contribution >= 4 is 11.9 Å². The van der Waals surface area contributed by atoms with Crippen molar-refractivity contribution in [3.8, 4) is 0 Å². The van der Waals surface area contributed by atoms with Gasteiger partial charge in [0.15, 0.2) is 0 Å². The van der Waals surface area contributed by atoms with E-state index in [0.29, 0.717) is 44.9 Å². The summed E-state index contributed by atoms with van der Waals surface area (Å²) >= 11 is 0. The van der Waals surface area contributed by atoms with Gasteiger partial charge in [-0.3, -0.25) is 14.5 Å². The van der Waals surface area contributed by atoms with E-state index in [1.165, 1.54) is 0 Å². The predicted molar refractivity (Wildman–Crippen MR) is 69.3 cm³/mol. The fourth-order valence-electron chi connectivity index (χ4n) is 2.28. The zero-order valence-corrected chi connectivity index (χ0v) is 11.5. The molecule has 1 saturated heterocycles. The fourth-order valence-corrected chi connectivity index (χ4v) is 2.28. The van der Waals surface area contributed by atoms with Gasteiger partial charge in [-0.2, -0.15) is 0 Å². The van der Waals surface area contributed by atoms with Gasteiger partial charge in [0, 0.05) is 13.1 Å². The van der Waals surface area contributed by atoms with E-state index < -0.39 is 11.4 Å². The molecule has 0 aromatic rings. The van der Waals surface area contributed by atoms with E-state index >= 15 is 0 Å². The maximum atomic E-state index is 11.7. The quantitative estimate of drug-likeness (QED) is 0.742. The van der Waals surface area contributed by atoms with Crippen molar-refractivity contribution in [2.45, 2.75) is 33.6 Å². The molecule has 0 aromatic heterocycles. The lowest BCUT2D eigenvalue weighted by Gasteiger charge is -2.22. The van der Waals surface area contributed by atoms with Gasteiger partial charge in [-0.15, -0.1) is 0 Å². The number of likely N-dealkylation sites (tertiary alicyclic amines) is 1. The Labute approximate surface area is 109 Å². The molecule has 18 heavy (non-hydrogen) atoms. The number of amides is 1. The lowest BCUT2D eigenvalue weighted by Crippen LogP contribution is -2.40. The van der Waals surface area contributed by atoms with Crippen LogP contribution in [0.15, 0.2) is 0 Å². The van der Waals surface area contributed by atoms with Crippen molar-refractivity contribution in [3.05, 3.63) is 0 Å². The van der Waals surface area contributed by atoms with E-state index in [9.17, 15) is 14.7 Å². The van der Waals surface area contributed by atoms with Crippen molar-refractivity contribution in [1.29, 1.82) is 0 Å². The van der Waals surface area contributed by atoms with Crippen LogP contribution in [0.2, 0.25) is 0 Å². The number of hydrogen-bond acceptors (Lipinski definition) is 3.